The van der Waals surface area contributed by atoms with Crippen LogP contribution in [0.1, 0.15) is 61.5 Å². The fourth-order valence-corrected chi connectivity index (χ4v) is 6.75. The standard InChI is InChI=1S/C27H28F2N2/c1-4-7-17-11-21(28)24(22(29)12-17)26-25-20(19-8-5-6-9-23(19)30(25)3)10-16(2)31(26)27-13-18(14-27)15-27/h4-9,11-12,16,18,26H,10,13-15H2,1-3H3/b7-4+/t16-,18?,26-,27?/m1/s1. The van der Waals surface area contributed by atoms with Crippen LogP contribution in [0, 0.1) is 17.6 Å². The summed E-state index contributed by atoms with van der Waals surface area (Å²) in [6, 6.07) is 11.2. The van der Waals surface area contributed by atoms with Crippen molar-refractivity contribution in [1.82, 2.24) is 9.47 Å². The van der Waals surface area contributed by atoms with Crippen molar-refractivity contribution in [3.63, 3.8) is 0 Å². The van der Waals surface area contributed by atoms with E-state index in [4.69, 9.17) is 0 Å². The summed E-state index contributed by atoms with van der Waals surface area (Å²) in [6.45, 7) is 4.10. The summed E-state index contributed by atoms with van der Waals surface area (Å²) in [5.74, 6) is -0.0894. The Hall–Kier alpha value is -2.46. The van der Waals surface area contributed by atoms with E-state index in [1.165, 1.54) is 23.1 Å². The Labute approximate surface area is 182 Å². The minimum Gasteiger partial charge on any atom is -0.346 e. The van der Waals surface area contributed by atoms with Crippen LogP contribution in [0.5, 0.6) is 0 Å². The number of aryl methyl sites for hydroxylation is 1. The molecule has 1 aromatic heterocycles. The Kier molecular flexibility index (Phi) is 4.05. The third kappa shape index (κ3) is 2.51. The largest absolute Gasteiger partial charge is 0.346 e. The van der Waals surface area contributed by atoms with Crippen LogP contribution in [-0.4, -0.2) is 21.0 Å². The van der Waals surface area contributed by atoms with E-state index in [0.29, 0.717) is 5.56 Å². The predicted octanol–water partition coefficient (Wildman–Crippen LogP) is 6.38. The monoisotopic (exact) mass is 418 g/mol. The first-order chi connectivity index (χ1) is 14.9. The van der Waals surface area contributed by atoms with E-state index in [-0.39, 0.29) is 17.1 Å². The molecule has 3 aliphatic carbocycles. The van der Waals surface area contributed by atoms with Crippen LogP contribution in [0.15, 0.2) is 42.5 Å². The molecule has 2 bridgehead atoms. The van der Waals surface area contributed by atoms with Gasteiger partial charge >= 0.3 is 0 Å². The molecule has 160 valence electrons. The van der Waals surface area contributed by atoms with Crippen LogP contribution < -0.4 is 0 Å². The molecule has 0 saturated heterocycles. The molecule has 0 radical (unpaired) electrons. The highest BCUT2D eigenvalue weighted by molar-refractivity contribution is 5.86. The number of hydrogen-bond donors (Lipinski definition) is 0. The van der Waals surface area contributed by atoms with Crippen molar-refractivity contribution in [2.45, 2.75) is 57.2 Å². The van der Waals surface area contributed by atoms with E-state index in [0.717, 1.165) is 42.8 Å². The molecule has 0 spiro atoms. The second kappa shape index (κ2) is 6.52. The van der Waals surface area contributed by atoms with E-state index >= 15 is 8.78 Å². The lowest BCUT2D eigenvalue weighted by atomic mass is 9.48. The highest BCUT2D eigenvalue weighted by Crippen LogP contribution is 2.64. The maximum atomic E-state index is 15.6. The van der Waals surface area contributed by atoms with Crippen molar-refractivity contribution < 1.29 is 8.78 Å². The first-order valence-corrected chi connectivity index (χ1v) is 11.4. The molecule has 0 amide bonds. The molecule has 3 saturated carbocycles. The first-order valence-electron chi connectivity index (χ1n) is 11.4. The van der Waals surface area contributed by atoms with Crippen molar-refractivity contribution in [3.05, 3.63) is 76.5 Å². The van der Waals surface area contributed by atoms with Gasteiger partial charge in [0.05, 0.1) is 6.04 Å². The van der Waals surface area contributed by atoms with Gasteiger partial charge in [0, 0.05) is 40.8 Å². The van der Waals surface area contributed by atoms with Crippen LogP contribution in [0.3, 0.4) is 0 Å². The molecule has 2 nitrogen and oxygen atoms in total. The van der Waals surface area contributed by atoms with Crippen LogP contribution in [0.2, 0.25) is 0 Å². The zero-order valence-electron chi connectivity index (χ0n) is 18.3. The average molecular weight is 419 g/mol. The molecule has 3 fully saturated rings. The maximum absolute atomic E-state index is 15.6. The van der Waals surface area contributed by atoms with Crippen LogP contribution in [0.4, 0.5) is 8.78 Å². The summed E-state index contributed by atoms with van der Waals surface area (Å²) < 4.78 is 33.4. The van der Waals surface area contributed by atoms with E-state index in [2.05, 4.69) is 34.6 Å². The number of nitrogens with zero attached hydrogens (tertiary/aromatic N) is 2. The normalized spacial score (nSPS) is 29.8. The fourth-order valence-electron chi connectivity index (χ4n) is 6.75. The summed E-state index contributed by atoms with van der Waals surface area (Å²) in [5.41, 5.74) is 4.31. The quantitative estimate of drug-likeness (QED) is 0.479. The highest BCUT2D eigenvalue weighted by atomic mass is 19.1. The lowest BCUT2D eigenvalue weighted by Crippen LogP contribution is -2.71. The number of benzene rings is 2. The van der Waals surface area contributed by atoms with Crippen LogP contribution >= 0.6 is 0 Å². The van der Waals surface area contributed by atoms with Crippen molar-refractivity contribution in [2.24, 2.45) is 13.0 Å². The molecule has 0 N–H and O–H groups in total. The van der Waals surface area contributed by atoms with Crippen LogP contribution in [-0.2, 0) is 13.5 Å². The van der Waals surface area contributed by atoms with Gasteiger partial charge in [-0.1, -0.05) is 30.4 Å². The molecule has 1 aliphatic heterocycles. The van der Waals surface area contributed by atoms with Crippen molar-refractivity contribution >= 4 is 17.0 Å². The lowest BCUT2D eigenvalue weighted by molar-refractivity contribution is -0.175. The minimum atomic E-state index is -0.444. The summed E-state index contributed by atoms with van der Waals surface area (Å²) >= 11 is 0. The molecular formula is C27H28F2N2. The Morgan fingerprint density at radius 1 is 1.06 bits per heavy atom. The summed E-state index contributed by atoms with van der Waals surface area (Å²) in [4.78, 5) is 2.48. The molecule has 2 atom stereocenters. The van der Waals surface area contributed by atoms with Gasteiger partial charge in [-0.05, 0) is 74.8 Å². The van der Waals surface area contributed by atoms with E-state index in [1.807, 2.05) is 26.1 Å². The van der Waals surface area contributed by atoms with Gasteiger partial charge < -0.3 is 4.57 Å². The zero-order valence-corrected chi connectivity index (χ0v) is 18.3. The number of rotatable bonds is 3. The molecule has 31 heavy (non-hydrogen) atoms. The molecule has 4 heteroatoms. The lowest BCUT2D eigenvalue weighted by Gasteiger charge is -2.70. The third-order valence-corrected chi connectivity index (χ3v) is 8.06. The van der Waals surface area contributed by atoms with Gasteiger partial charge in [-0.25, -0.2) is 8.78 Å². The average Bonchev–Trinajstić information content (AvgIpc) is 2.93. The van der Waals surface area contributed by atoms with Gasteiger partial charge in [-0.3, -0.25) is 4.90 Å². The van der Waals surface area contributed by atoms with E-state index < -0.39 is 17.7 Å². The Bertz CT molecular complexity index is 1200. The van der Waals surface area contributed by atoms with E-state index in [1.54, 1.807) is 6.08 Å². The number of allylic oxidation sites excluding steroid dienone is 1. The van der Waals surface area contributed by atoms with Gasteiger partial charge in [0.1, 0.15) is 11.6 Å². The van der Waals surface area contributed by atoms with Gasteiger partial charge in [0.15, 0.2) is 0 Å². The smallest absolute Gasteiger partial charge is 0.131 e. The Balaban J connectivity index is 1.63. The second-order valence-corrected chi connectivity index (χ2v) is 9.90. The predicted molar refractivity (Wildman–Crippen MR) is 121 cm³/mol. The first kappa shape index (κ1) is 19.2. The SMILES string of the molecule is C/C=C/c1cc(F)c([C@@H]2c3c(c4ccccc4n3C)C[C@@H](C)N2C23CC(C2)C3)c(F)c1. The Morgan fingerprint density at radius 2 is 1.74 bits per heavy atom. The maximum Gasteiger partial charge on any atom is 0.131 e. The Morgan fingerprint density at radius 3 is 2.35 bits per heavy atom. The van der Waals surface area contributed by atoms with E-state index in [9.17, 15) is 0 Å². The molecule has 0 unspecified atom stereocenters. The molecule has 4 aliphatic rings. The molecular weight excluding hydrogens is 390 g/mol. The summed E-state index contributed by atoms with van der Waals surface area (Å²) in [6.07, 6.45) is 7.96. The zero-order chi connectivity index (χ0) is 21.5. The van der Waals surface area contributed by atoms with Gasteiger partial charge in [0.2, 0.25) is 0 Å². The van der Waals surface area contributed by atoms with Gasteiger partial charge in [0.25, 0.3) is 0 Å². The number of fused-ring (bicyclic) bond motifs is 3. The molecule has 3 aromatic rings. The van der Waals surface area contributed by atoms with Gasteiger partial charge in [-0.2, -0.15) is 0 Å². The minimum absolute atomic E-state index is 0.101. The topological polar surface area (TPSA) is 8.17 Å². The van der Waals surface area contributed by atoms with Crippen molar-refractivity contribution in [1.29, 1.82) is 0 Å². The highest BCUT2D eigenvalue weighted by Gasteiger charge is 2.63. The van der Waals surface area contributed by atoms with Crippen molar-refractivity contribution in [2.75, 3.05) is 0 Å². The molecule has 2 aromatic carbocycles. The number of halogens is 2. The summed E-state index contributed by atoms with van der Waals surface area (Å²) in [7, 11) is 2.05. The number of aromatic nitrogens is 1. The number of hydrogen-bond acceptors (Lipinski definition) is 1. The summed E-state index contributed by atoms with van der Waals surface area (Å²) in [5, 5.41) is 1.21. The number of para-hydroxylation sites is 1. The molecule has 2 heterocycles. The van der Waals surface area contributed by atoms with Gasteiger partial charge in [-0.15, -0.1) is 0 Å². The fraction of sp³-hybridized carbons (Fsp3) is 0.407. The third-order valence-electron chi connectivity index (χ3n) is 8.06. The molecule has 7 rings (SSSR count). The second-order valence-electron chi connectivity index (χ2n) is 9.90. The van der Waals surface area contributed by atoms with Crippen molar-refractivity contribution in [3.8, 4) is 0 Å². The van der Waals surface area contributed by atoms with Crippen LogP contribution in [0.25, 0.3) is 17.0 Å².